The van der Waals surface area contributed by atoms with E-state index in [4.69, 9.17) is 21.1 Å². The predicted octanol–water partition coefficient (Wildman–Crippen LogP) is 4.28. The van der Waals surface area contributed by atoms with E-state index in [0.717, 1.165) is 28.9 Å². The van der Waals surface area contributed by atoms with Crippen LogP contribution in [0.2, 0.25) is 5.02 Å². The van der Waals surface area contributed by atoms with Crippen molar-refractivity contribution >= 4 is 39.1 Å². The van der Waals surface area contributed by atoms with Gasteiger partial charge < -0.3 is 14.0 Å². The van der Waals surface area contributed by atoms with Crippen molar-refractivity contribution in [3.8, 4) is 11.5 Å². The Balaban J connectivity index is 1.85. The van der Waals surface area contributed by atoms with Crippen LogP contribution in [-0.4, -0.2) is 24.2 Å². The van der Waals surface area contributed by atoms with E-state index in [0.29, 0.717) is 15.6 Å². The van der Waals surface area contributed by atoms with Gasteiger partial charge in [-0.25, -0.2) is 0 Å². The lowest BCUT2D eigenvalue weighted by atomic mass is 10.3. The maximum atomic E-state index is 12.3. The number of aryl methyl sites for hydroxylation is 1. The second-order valence-corrected chi connectivity index (χ2v) is 7.06. The number of hydrogen-bond acceptors (Lipinski definition) is 4. The van der Waals surface area contributed by atoms with Crippen LogP contribution >= 0.6 is 22.9 Å². The molecule has 0 aliphatic heterocycles. The van der Waals surface area contributed by atoms with E-state index in [2.05, 4.69) is 16.5 Å². The summed E-state index contributed by atoms with van der Waals surface area (Å²) in [5.41, 5.74) is 1.04. The first-order valence-corrected chi connectivity index (χ1v) is 9.43. The number of carbonyl (C=O) groups excluding carboxylic acids is 1. The molecule has 0 N–H and O–H groups in total. The van der Waals surface area contributed by atoms with Crippen molar-refractivity contribution in [3.05, 3.63) is 52.3 Å². The fourth-order valence-electron chi connectivity index (χ4n) is 2.52. The summed E-state index contributed by atoms with van der Waals surface area (Å²) in [6.07, 6.45) is 0.945. The largest absolute Gasteiger partial charge is 0.497 e. The molecule has 0 spiro atoms. The molecule has 0 radical (unpaired) electrons. The molecular formula is C19H19ClN2O3S. The highest BCUT2D eigenvalue weighted by atomic mass is 35.5. The van der Waals surface area contributed by atoms with Crippen LogP contribution in [0.15, 0.2) is 47.5 Å². The van der Waals surface area contributed by atoms with Crippen molar-refractivity contribution < 1.29 is 14.3 Å². The number of nitrogens with zero attached hydrogens (tertiary/aromatic N) is 2. The quantitative estimate of drug-likeness (QED) is 0.631. The summed E-state index contributed by atoms with van der Waals surface area (Å²) in [6.45, 7) is 2.76. The first-order chi connectivity index (χ1) is 12.6. The molecule has 26 heavy (non-hydrogen) atoms. The molecule has 0 saturated heterocycles. The van der Waals surface area contributed by atoms with Crippen molar-refractivity contribution in [2.75, 3.05) is 13.7 Å². The number of ether oxygens (including phenoxy) is 2. The van der Waals surface area contributed by atoms with Gasteiger partial charge in [-0.1, -0.05) is 29.9 Å². The number of halogens is 1. The van der Waals surface area contributed by atoms with Gasteiger partial charge in [-0.2, -0.15) is 4.99 Å². The third-order valence-corrected chi connectivity index (χ3v) is 5.03. The number of rotatable bonds is 6. The molecule has 0 aliphatic carbocycles. The molecule has 3 aromatic rings. The van der Waals surface area contributed by atoms with Gasteiger partial charge in [-0.15, -0.1) is 0 Å². The van der Waals surface area contributed by atoms with Crippen molar-refractivity contribution in [3.63, 3.8) is 0 Å². The molecule has 0 unspecified atom stereocenters. The van der Waals surface area contributed by atoms with Gasteiger partial charge in [0, 0.05) is 11.6 Å². The third-order valence-electron chi connectivity index (χ3n) is 3.73. The van der Waals surface area contributed by atoms with Gasteiger partial charge in [-0.3, -0.25) is 4.79 Å². The fourth-order valence-corrected chi connectivity index (χ4v) is 3.75. The number of fused-ring (bicyclic) bond motifs is 1. The van der Waals surface area contributed by atoms with E-state index in [1.54, 1.807) is 31.4 Å². The van der Waals surface area contributed by atoms with E-state index >= 15 is 0 Å². The van der Waals surface area contributed by atoms with Crippen molar-refractivity contribution in [1.82, 2.24) is 4.57 Å². The van der Waals surface area contributed by atoms with Crippen LogP contribution in [0, 0.1) is 0 Å². The Labute approximate surface area is 160 Å². The monoisotopic (exact) mass is 390 g/mol. The average Bonchev–Trinajstić information content (AvgIpc) is 2.98. The minimum Gasteiger partial charge on any atom is -0.497 e. The summed E-state index contributed by atoms with van der Waals surface area (Å²) < 4.78 is 13.8. The molecule has 0 atom stereocenters. The summed E-state index contributed by atoms with van der Waals surface area (Å²) in [6, 6.07) is 12.7. The molecule has 0 bridgehead atoms. The Kier molecular flexibility index (Phi) is 5.96. The molecule has 0 fully saturated rings. The molecule has 3 rings (SSSR count). The Morgan fingerprint density at radius 3 is 2.62 bits per heavy atom. The Hall–Kier alpha value is -2.31. The SMILES string of the molecule is CCCn1c(=NC(=O)COc2ccc(Cl)cc2)sc2cc(OC)ccc21. The number of thiazole rings is 1. The van der Waals surface area contributed by atoms with Crippen molar-refractivity contribution in [2.45, 2.75) is 19.9 Å². The van der Waals surface area contributed by atoms with Crippen molar-refractivity contribution in [1.29, 1.82) is 0 Å². The van der Waals surface area contributed by atoms with E-state index < -0.39 is 0 Å². The number of benzene rings is 2. The first kappa shape index (κ1) is 18.5. The maximum absolute atomic E-state index is 12.3. The number of aromatic nitrogens is 1. The Morgan fingerprint density at radius 2 is 1.92 bits per heavy atom. The minimum atomic E-state index is -0.330. The Bertz CT molecular complexity index is 977. The topological polar surface area (TPSA) is 52.8 Å². The van der Waals surface area contributed by atoms with E-state index in [1.807, 2.05) is 18.2 Å². The number of amides is 1. The summed E-state index contributed by atoms with van der Waals surface area (Å²) in [5, 5.41) is 0.620. The van der Waals surface area contributed by atoms with Crippen LogP contribution < -0.4 is 14.3 Å². The number of carbonyl (C=O) groups is 1. The highest BCUT2D eigenvalue weighted by Crippen LogP contribution is 2.23. The van der Waals surface area contributed by atoms with E-state index in [1.165, 1.54) is 11.3 Å². The molecule has 7 heteroatoms. The van der Waals surface area contributed by atoms with Crippen LogP contribution in [0.5, 0.6) is 11.5 Å². The summed E-state index contributed by atoms with van der Waals surface area (Å²) in [5.74, 6) is 1.04. The maximum Gasteiger partial charge on any atom is 0.286 e. The first-order valence-electron chi connectivity index (χ1n) is 8.24. The van der Waals surface area contributed by atoms with Gasteiger partial charge in [0.25, 0.3) is 5.91 Å². The molecular weight excluding hydrogens is 372 g/mol. The Morgan fingerprint density at radius 1 is 1.19 bits per heavy atom. The number of hydrogen-bond donors (Lipinski definition) is 0. The highest BCUT2D eigenvalue weighted by molar-refractivity contribution is 7.16. The van der Waals surface area contributed by atoms with Crippen LogP contribution in [0.4, 0.5) is 0 Å². The molecule has 1 aromatic heterocycles. The van der Waals surface area contributed by atoms with Gasteiger partial charge in [0.05, 0.1) is 17.3 Å². The molecule has 1 amide bonds. The molecule has 5 nitrogen and oxygen atoms in total. The van der Waals surface area contributed by atoms with Gasteiger partial charge in [-0.05, 0) is 48.9 Å². The van der Waals surface area contributed by atoms with Crippen LogP contribution in [0.1, 0.15) is 13.3 Å². The zero-order chi connectivity index (χ0) is 18.5. The van der Waals surface area contributed by atoms with E-state index in [-0.39, 0.29) is 12.5 Å². The standard InChI is InChI=1S/C19H19ClN2O3S/c1-3-10-22-16-9-8-15(24-2)11-17(16)26-19(22)21-18(23)12-25-14-6-4-13(20)5-7-14/h4-9,11H,3,10,12H2,1-2H3. The van der Waals surface area contributed by atoms with E-state index in [9.17, 15) is 4.79 Å². The van der Waals surface area contributed by atoms with Gasteiger partial charge in [0.15, 0.2) is 11.4 Å². The normalized spacial score (nSPS) is 11.7. The van der Waals surface area contributed by atoms with Gasteiger partial charge >= 0.3 is 0 Å². The number of methoxy groups -OCH3 is 1. The molecule has 0 aliphatic rings. The lowest BCUT2D eigenvalue weighted by Gasteiger charge is -2.04. The zero-order valence-electron chi connectivity index (χ0n) is 14.6. The fraction of sp³-hybridized carbons (Fsp3) is 0.263. The zero-order valence-corrected chi connectivity index (χ0v) is 16.1. The lowest BCUT2D eigenvalue weighted by Crippen LogP contribution is -2.19. The smallest absolute Gasteiger partial charge is 0.286 e. The lowest BCUT2D eigenvalue weighted by molar-refractivity contribution is -0.120. The van der Waals surface area contributed by atoms with Gasteiger partial charge in [0.1, 0.15) is 11.5 Å². The van der Waals surface area contributed by atoms with Crippen LogP contribution in [-0.2, 0) is 11.3 Å². The summed E-state index contributed by atoms with van der Waals surface area (Å²) in [4.78, 5) is 17.2. The second-order valence-electron chi connectivity index (χ2n) is 5.62. The molecule has 1 heterocycles. The van der Waals surface area contributed by atoms with Crippen LogP contribution in [0.3, 0.4) is 0 Å². The van der Waals surface area contributed by atoms with Crippen LogP contribution in [0.25, 0.3) is 10.2 Å². The minimum absolute atomic E-state index is 0.120. The molecule has 136 valence electrons. The van der Waals surface area contributed by atoms with Crippen molar-refractivity contribution in [2.24, 2.45) is 4.99 Å². The second kappa shape index (κ2) is 8.38. The molecule has 0 saturated carbocycles. The highest BCUT2D eigenvalue weighted by Gasteiger charge is 2.09. The van der Waals surface area contributed by atoms with Gasteiger partial charge in [0.2, 0.25) is 0 Å². The molecule has 2 aromatic carbocycles. The summed E-state index contributed by atoms with van der Waals surface area (Å²) >= 11 is 7.31. The average molecular weight is 391 g/mol. The predicted molar refractivity (Wildman–Crippen MR) is 104 cm³/mol. The third kappa shape index (κ3) is 4.26. The summed E-state index contributed by atoms with van der Waals surface area (Å²) in [7, 11) is 1.64.